The molecular formula is C29H40N2O6. The maximum Gasteiger partial charge on any atom is 0.407 e. The van der Waals surface area contributed by atoms with E-state index in [0.29, 0.717) is 12.8 Å². The van der Waals surface area contributed by atoms with Gasteiger partial charge in [-0.3, -0.25) is 4.79 Å². The highest BCUT2D eigenvalue weighted by Gasteiger charge is 2.32. The molecule has 0 aliphatic heterocycles. The third-order valence-electron chi connectivity index (χ3n) is 5.92. The lowest BCUT2D eigenvalue weighted by Gasteiger charge is -2.29. The number of nitrogens with one attached hydrogen (secondary N) is 2. The zero-order valence-corrected chi connectivity index (χ0v) is 22.3. The summed E-state index contributed by atoms with van der Waals surface area (Å²) in [5, 5.41) is 26.3. The van der Waals surface area contributed by atoms with Gasteiger partial charge in [-0.1, -0.05) is 74.5 Å². The molecule has 4 atom stereocenters. The van der Waals surface area contributed by atoms with E-state index in [1.165, 1.54) is 0 Å². The zero-order valence-electron chi connectivity index (χ0n) is 22.3. The van der Waals surface area contributed by atoms with Gasteiger partial charge in [0.2, 0.25) is 5.91 Å². The summed E-state index contributed by atoms with van der Waals surface area (Å²) < 4.78 is 5.40. The van der Waals surface area contributed by atoms with Gasteiger partial charge < -0.3 is 25.6 Å². The van der Waals surface area contributed by atoms with Gasteiger partial charge >= 0.3 is 12.1 Å². The van der Waals surface area contributed by atoms with Crippen LogP contribution < -0.4 is 10.6 Å². The lowest BCUT2D eigenvalue weighted by Crippen LogP contribution is -2.50. The highest BCUT2D eigenvalue weighted by atomic mass is 16.6. The van der Waals surface area contributed by atoms with Crippen LogP contribution in [0.3, 0.4) is 0 Å². The van der Waals surface area contributed by atoms with Gasteiger partial charge in [0.05, 0.1) is 12.1 Å². The third kappa shape index (κ3) is 10.6. The van der Waals surface area contributed by atoms with Gasteiger partial charge in [-0.25, -0.2) is 9.59 Å². The predicted octanol–water partition coefficient (Wildman–Crippen LogP) is 3.96. The Morgan fingerprint density at radius 3 is 1.84 bits per heavy atom. The van der Waals surface area contributed by atoms with Gasteiger partial charge in [0.15, 0.2) is 0 Å². The molecule has 2 aromatic rings. The minimum atomic E-state index is -1.11. The Balaban J connectivity index is 2.28. The maximum atomic E-state index is 13.3. The molecule has 8 heteroatoms. The second kappa shape index (κ2) is 13.8. The van der Waals surface area contributed by atoms with Crippen LogP contribution in [0.5, 0.6) is 0 Å². The average molecular weight is 513 g/mol. The number of hydrogen-bond donors (Lipinski definition) is 4. The van der Waals surface area contributed by atoms with E-state index in [9.17, 15) is 24.6 Å². The predicted molar refractivity (Wildman–Crippen MR) is 142 cm³/mol. The first-order chi connectivity index (χ1) is 17.4. The number of alkyl carbamates (subject to hydrolysis) is 1. The topological polar surface area (TPSA) is 125 Å². The molecule has 37 heavy (non-hydrogen) atoms. The van der Waals surface area contributed by atoms with Crippen molar-refractivity contribution < 1.29 is 29.3 Å². The van der Waals surface area contributed by atoms with Crippen molar-refractivity contribution in [3.8, 4) is 0 Å². The van der Waals surface area contributed by atoms with Crippen LogP contribution in [0.1, 0.15) is 52.2 Å². The van der Waals surface area contributed by atoms with Gasteiger partial charge in [-0.05, 0) is 57.1 Å². The first-order valence-corrected chi connectivity index (χ1v) is 12.6. The van der Waals surface area contributed by atoms with Crippen molar-refractivity contribution in [1.29, 1.82) is 0 Å². The molecule has 8 nitrogen and oxygen atoms in total. The number of carbonyl (C=O) groups excluding carboxylic acids is 2. The third-order valence-corrected chi connectivity index (χ3v) is 5.92. The van der Waals surface area contributed by atoms with Crippen molar-refractivity contribution in [1.82, 2.24) is 10.6 Å². The van der Waals surface area contributed by atoms with E-state index in [1.54, 1.807) is 34.6 Å². The molecule has 0 aromatic heterocycles. The van der Waals surface area contributed by atoms with Crippen LogP contribution in [0.25, 0.3) is 0 Å². The van der Waals surface area contributed by atoms with Crippen LogP contribution in [0.15, 0.2) is 60.7 Å². The van der Waals surface area contributed by atoms with Gasteiger partial charge in [-0.2, -0.15) is 0 Å². The highest BCUT2D eigenvalue weighted by molar-refractivity contribution is 5.85. The van der Waals surface area contributed by atoms with E-state index < -0.39 is 47.7 Å². The second-order valence-electron chi connectivity index (χ2n) is 10.7. The lowest BCUT2D eigenvalue weighted by molar-refractivity contribution is -0.144. The van der Waals surface area contributed by atoms with Crippen LogP contribution in [-0.2, 0) is 27.2 Å². The first-order valence-electron chi connectivity index (χ1n) is 12.6. The summed E-state index contributed by atoms with van der Waals surface area (Å²) in [7, 11) is 0. The number of carbonyl (C=O) groups is 3. The fraction of sp³-hybridized carbons (Fsp3) is 0.483. The smallest absolute Gasteiger partial charge is 0.407 e. The SMILES string of the molecule is CC(C)[C@H](NC(=O)[C@H](Cc1ccccc1)C[C@H](O)C(Cc1ccccc1)NC(=O)OC(C)(C)C)C(=O)O. The Hall–Kier alpha value is -3.39. The van der Waals surface area contributed by atoms with Gasteiger partial charge in [0, 0.05) is 5.92 Å². The summed E-state index contributed by atoms with van der Waals surface area (Å²) in [5.74, 6) is -2.62. The summed E-state index contributed by atoms with van der Waals surface area (Å²) in [4.78, 5) is 37.6. The van der Waals surface area contributed by atoms with Gasteiger partial charge in [0.25, 0.3) is 0 Å². The van der Waals surface area contributed by atoms with Crippen LogP contribution in [0.2, 0.25) is 0 Å². The van der Waals surface area contributed by atoms with Crippen molar-refractivity contribution in [3.05, 3.63) is 71.8 Å². The number of aliphatic hydroxyl groups is 1. The molecule has 0 aliphatic carbocycles. The molecular weight excluding hydrogens is 472 g/mol. The molecule has 0 aliphatic rings. The monoisotopic (exact) mass is 512 g/mol. The number of ether oxygens (including phenoxy) is 1. The molecule has 2 rings (SSSR count). The molecule has 0 fully saturated rings. The fourth-order valence-corrected chi connectivity index (χ4v) is 4.03. The molecule has 202 valence electrons. The van der Waals surface area contributed by atoms with E-state index in [0.717, 1.165) is 11.1 Å². The first kappa shape index (κ1) is 29.8. The van der Waals surface area contributed by atoms with E-state index in [4.69, 9.17) is 4.74 Å². The van der Waals surface area contributed by atoms with E-state index >= 15 is 0 Å². The second-order valence-corrected chi connectivity index (χ2v) is 10.7. The summed E-state index contributed by atoms with van der Waals surface area (Å²) in [6, 6.07) is 17.0. The van der Waals surface area contributed by atoms with Crippen molar-refractivity contribution in [2.45, 2.75) is 77.7 Å². The number of carboxylic acid groups (broad SMARTS) is 1. The normalized spacial score (nSPS) is 14.8. The number of benzene rings is 2. The Bertz CT molecular complexity index is 1000. The van der Waals surface area contributed by atoms with Crippen molar-refractivity contribution in [2.24, 2.45) is 11.8 Å². The standard InChI is InChI=1S/C29H40N2O6/c1-19(2)25(27(34)35)31-26(33)22(16-20-12-8-6-9-13-20)18-24(32)23(17-21-14-10-7-11-15-21)30-28(36)37-29(3,4)5/h6-15,19,22-25,32H,16-18H2,1-5H3,(H,30,36)(H,31,33)(H,34,35)/t22-,23?,24+,25+/m1/s1. The van der Waals surface area contributed by atoms with Crippen LogP contribution in [0.4, 0.5) is 4.79 Å². The highest BCUT2D eigenvalue weighted by Crippen LogP contribution is 2.20. The Morgan fingerprint density at radius 2 is 1.38 bits per heavy atom. The summed E-state index contributed by atoms with van der Waals surface area (Å²) in [6.07, 6.45) is -1.13. The zero-order chi connectivity index (χ0) is 27.6. The average Bonchev–Trinajstić information content (AvgIpc) is 2.81. The molecule has 0 bridgehead atoms. The molecule has 0 saturated heterocycles. The van der Waals surface area contributed by atoms with Crippen molar-refractivity contribution in [2.75, 3.05) is 0 Å². The molecule has 2 aromatic carbocycles. The molecule has 0 saturated carbocycles. The maximum absolute atomic E-state index is 13.3. The molecule has 4 N–H and O–H groups in total. The summed E-state index contributed by atoms with van der Waals surface area (Å²) in [5.41, 5.74) is 1.06. The molecule has 0 spiro atoms. The number of aliphatic carboxylic acids is 1. The largest absolute Gasteiger partial charge is 0.480 e. The Morgan fingerprint density at radius 1 is 0.865 bits per heavy atom. The van der Waals surface area contributed by atoms with E-state index in [2.05, 4.69) is 10.6 Å². The van der Waals surface area contributed by atoms with Crippen molar-refractivity contribution in [3.63, 3.8) is 0 Å². The minimum Gasteiger partial charge on any atom is -0.480 e. The number of rotatable bonds is 12. The van der Waals surface area contributed by atoms with Crippen LogP contribution in [0, 0.1) is 11.8 Å². The Labute approximate surface area is 219 Å². The van der Waals surface area contributed by atoms with E-state index in [1.807, 2.05) is 60.7 Å². The quantitative estimate of drug-likeness (QED) is 0.341. The lowest BCUT2D eigenvalue weighted by atomic mass is 9.88. The number of aliphatic hydroxyl groups excluding tert-OH is 1. The number of hydrogen-bond acceptors (Lipinski definition) is 5. The minimum absolute atomic E-state index is 0.0124. The molecule has 2 amide bonds. The van der Waals surface area contributed by atoms with E-state index in [-0.39, 0.29) is 12.3 Å². The van der Waals surface area contributed by atoms with Crippen molar-refractivity contribution >= 4 is 18.0 Å². The summed E-state index contributed by atoms with van der Waals surface area (Å²) in [6.45, 7) is 8.70. The van der Waals surface area contributed by atoms with Gasteiger partial charge in [0.1, 0.15) is 11.6 Å². The summed E-state index contributed by atoms with van der Waals surface area (Å²) >= 11 is 0. The molecule has 0 heterocycles. The van der Waals surface area contributed by atoms with Gasteiger partial charge in [-0.15, -0.1) is 0 Å². The number of carboxylic acids is 1. The molecule has 0 radical (unpaired) electrons. The van der Waals surface area contributed by atoms with Crippen LogP contribution >= 0.6 is 0 Å². The molecule has 1 unspecified atom stereocenters. The van der Waals surface area contributed by atoms with Crippen LogP contribution in [-0.4, -0.2) is 52.0 Å². The number of amides is 2. The fourth-order valence-electron chi connectivity index (χ4n) is 4.03. The Kier molecular flexibility index (Phi) is 11.1.